The zero-order chi connectivity index (χ0) is 32.3. The number of rotatable bonds is 14. The molecule has 4 amide bonds. The normalized spacial score (nSPS) is 16.0. The molecule has 1 aliphatic heterocycles. The molecular weight excluding hydrogens is 596 g/mol. The van der Waals surface area contributed by atoms with Gasteiger partial charge in [0.2, 0.25) is 23.6 Å². The number of nitrogens with one attached hydrogen (secondary N) is 2. The van der Waals surface area contributed by atoms with E-state index < -0.39 is 41.8 Å². The van der Waals surface area contributed by atoms with Gasteiger partial charge in [-0.1, -0.05) is 42.5 Å². The molecule has 0 saturated carbocycles. The number of ether oxygens (including phenoxy) is 2. The lowest BCUT2D eigenvalue weighted by Crippen LogP contribution is -2.60. The lowest BCUT2D eigenvalue weighted by molar-refractivity contribution is -0.145. The number of primary amides is 1. The van der Waals surface area contributed by atoms with Crippen molar-refractivity contribution in [1.29, 1.82) is 0 Å². The first-order valence-corrected chi connectivity index (χ1v) is 16.0. The fourth-order valence-corrected chi connectivity index (χ4v) is 6.07. The van der Waals surface area contributed by atoms with E-state index in [1.54, 1.807) is 18.2 Å². The lowest BCUT2D eigenvalue weighted by atomic mass is 9.98. The number of carbonyl (C=O) groups excluding carboxylic acids is 4. The molecule has 3 aromatic rings. The highest BCUT2D eigenvalue weighted by Crippen LogP contribution is 2.24. The number of fused-ring (bicyclic) bond motifs is 1. The fourth-order valence-electron chi connectivity index (χ4n) is 5.50. The zero-order valence-electron chi connectivity index (χ0n) is 25.5. The maximum atomic E-state index is 13.8. The average molecular weight is 637 g/mol. The Bertz CT molecular complexity index is 1500. The minimum absolute atomic E-state index is 0.0416. The Kier molecular flexibility index (Phi) is 12.1. The number of methoxy groups -OCH3 is 2. The maximum Gasteiger partial charge on any atom is 0.246 e. The van der Waals surface area contributed by atoms with E-state index in [9.17, 15) is 24.3 Å². The van der Waals surface area contributed by atoms with E-state index in [1.807, 2.05) is 42.5 Å². The maximum absolute atomic E-state index is 13.8. The Morgan fingerprint density at radius 2 is 1.64 bits per heavy atom. The van der Waals surface area contributed by atoms with E-state index in [0.29, 0.717) is 42.9 Å². The molecule has 45 heavy (non-hydrogen) atoms. The van der Waals surface area contributed by atoms with Gasteiger partial charge in [-0.15, -0.1) is 11.8 Å². The topological polar surface area (TPSA) is 160 Å². The molecule has 240 valence electrons. The highest BCUT2D eigenvalue weighted by molar-refractivity contribution is 7.99. The Morgan fingerprint density at radius 3 is 2.31 bits per heavy atom. The van der Waals surface area contributed by atoms with E-state index in [1.165, 1.54) is 19.1 Å². The average Bonchev–Trinajstić information content (AvgIpc) is 3.05. The SMILES string of the molecule is COc1cc(CC(=O)N[C@@H](CSCO)C(=O)N2CCCC[C@H]2C(=O)N[C@@H](Cc2ccc3ccccc3c2)C(N)=O)cc(OC)c1. The summed E-state index contributed by atoms with van der Waals surface area (Å²) in [7, 11) is 3.03. The van der Waals surface area contributed by atoms with Gasteiger partial charge in [0.15, 0.2) is 0 Å². The van der Waals surface area contributed by atoms with Crippen LogP contribution in [0.1, 0.15) is 30.4 Å². The molecule has 1 heterocycles. The number of piperidine rings is 1. The van der Waals surface area contributed by atoms with Crippen LogP contribution in [0.25, 0.3) is 10.8 Å². The third-order valence-corrected chi connectivity index (χ3v) is 8.54. The van der Waals surface area contributed by atoms with Crippen molar-refractivity contribution in [2.45, 2.75) is 50.2 Å². The van der Waals surface area contributed by atoms with Gasteiger partial charge in [0, 0.05) is 24.8 Å². The molecule has 3 atom stereocenters. The first-order valence-electron chi connectivity index (χ1n) is 14.8. The molecule has 11 nitrogen and oxygen atoms in total. The van der Waals surface area contributed by atoms with Crippen LogP contribution in [0.3, 0.4) is 0 Å². The summed E-state index contributed by atoms with van der Waals surface area (Å²) < 4.78 is 10.6. The summed E-state index contributed by atoms with van der Waals surface area (Å²) in [4.78, 5) is 54.4. The van der Waals surface area contributed by atoms with E-state index in [-0.39, 0.29) is 24.5 Å². The van der Waals surface area contributed by atoms with Gasteiger partial charge in [0.05, 0.1) is 26.6 Å². The van der Waals surface area contributed by atoms with Crippen molar-refractivity contribution < 1.29 is 33.8 Å². The molecule has 1 aliphatic rings. The molecule has 0 aromatic heterocycles. The van der Waals surface area contributed by atoms with Crippen LogP contribution in [0, 0.1) is 0 Å². The molecule has 0 aliphatic carbocycles. The molecule has 0 radical (unpaired) electrons. The first-order chi connectivity index (χ1) is 21.7. The smallest absolute Gasteiger partial charge is 0.246 e. The van der Waals surface area contributed by atoms with Gasteiger partial charge in [-0.25, -0.2) is 0 Å². The number of carbonyl (C=O) groups is 4. The molecule has 0 bridgehead atoms. The molecule has 1 saturated heterocycles. The molecule has 12 heteroatoms. The lowest BCUT2D eigenvalue weighted by Gasteiger charge is -2.37. The van der Waals surface area contributed by atoms with E-state index in [0.717, 1.165) is 28.1 Å². The number of nitrogens with two attached hydrogens (primary N) is 1. The van der Waals surface area contributed by atoms with Crippen LogP contribution >= 0.6 is 11.8 Å². The summed E-state index contributed by atoms with van der Waals surface area (Å²) in [5.41, 5.74) is 7.17. The fraction of sp³-hybridized carbons (Fsp3) is 0.394. The monoisotopic (exact) mass is 636 g/mol. The van der Waals surface area contributed by atoms with Crippen LogP contribution in [-0.4, -0.2) is 84.2 Å². The highest BCUT2D eigenvalue weighted by Gasteiger charge is 2.37. The van der Waals surface area contributed by atoms with Crippen molar-refractivity contribution in [3.63, 3.8) is 0 Å². The van der Waals surface area contributed by atoms with E-state index >= 15 is 0 Å². The number of hydrogen-bond donors (Lipinski definition) is 4. The number of nitrogens with zero attached hydrogens (tertiary/aromatic N) is 1. The van der Waals surface area contributed by atoms with Gasteiger partial charge >= 0.3 is 0 Å². The second-order valence-electron chi connectivity index (χ2n) is 10.9. The summed E-state index contributed by atoms with van der Waals surface area (Å²) in [6.45, 7) is 0.312. The van der Waals surface area contributed by atoms with Crippen molar-refractivity contribution in [1.82, 2.24) is 15.5 Å². The molecular formula is C33H40N4O7S. The molecule has 0 spiro atoms. The van der Waals surface area contributed by atoms with Crippen molar-refractivity contribution in [2.75, 3.05) is 32.5 Å². The van der Waals surface area contributed by atoms with Gasteiger partial charge in [-0.05, 0) is 53.3 Å². The van der Waals surface area contributed by atoms with Gasteiger partial charge in [0.25, 0.3) is 0 Å². The molecule has 0 unspecified atom stereocenters. The second-order valence-corrected chi connectivity index (χ2v) is 11.9. The van der Waals surface area contributed by atoms with Gasteiger partial charge in [-0.3, -0.25) is 19.2 Å². The van der Waals surface area contributed by atoms with Crippen LogP contribution in [0.5, 0.6) is 11.5 Å². The quantitative estimate of drug-likeness (QED) is 0.196. The number of thioether (sulfide) groups is 1. The van der Waals surface area contributed by atoms with Crippen LogP contribution in [0.2, 0.25) is 0 Å². The number of amides is 4. The summed E-state index contributed by atoms with van der Waals surface area (Å²) in [5, 5.41) is 17.1. The van der Waals surface area contributed by atoms with Crippen LogP contribution in [-0.2, 0) is 32.0 Å². The van der Waals surface area contributed by atoms with E-state index in [2.05, 4.69) is 10.6 Å². The summed E-state index contributed by atoms with van der Waals surface area (Å²) in [5.74, 6) is -1.08. The molecule has 3 aromatic carbocycles. The predicted octanol–water partition coefficient (Wildman–Crippen LogP) is 2.16. The molecule has 5 N–H and O–H groups in total. The van der Waals surface area contributed by atoms with Gasteiger partial charge in [-0.2, -0.15) is 0 Å². The number of hydrogen-bond acceptors (Lipinski definition) is 8. The molecule has 1 fully saturated rings. The second kappa shape index (κ2) is 16.1. The zero-order valence-corrected chi connectivity index (χ0v) is 26.3. The summed E-state index contributed by atoms with van der Waals surface area (Å²) >= 11 is 1.09. The Balaban J connectivity index is 1.46. The van der Waals surface area contributed by atoms with Gasteiger partial charge < -0.3 is 35.8 Å². The van der Waals surface area contributed by atoms with Crippen molar-refractivity contribution in [2.24, 2.45) is 5.73 Å². The minimum Gasteiger partial charge on any atom is -0.497 e. The highest BCUT2D eigenvalue weighted by atomic mass is 32.2. The van der Waals surface area contributed by atoms with Crippen molar-refractivity contribution >= 4 is 46.2 Å². The van der Waals surface area contributed by atoms with Crippen molar-refractivity contribution in [3.05, 3.63) is 71.8 Å². The number of aliphatic hydroxyl groups is 1. The van der Waals surface area contributed by atoms with Crippen LogP contribution in [0.15, 0.2) is 60.7 Å². The standard InChI is InChI=1S/C33H40N4O7S/c1-43-25-14-22(15-26(18-25)44-2)17-30(39)35-28(19-45-20-38)33(42)37-12-6-5-9-29(37)32(41)36-27(31(34)40)16-21-10-11-23-7-3-4-8-24(23)13-21/h3-4,7-8,10-11,13-15,18,27-29,38H,5-6,9,12,16-17,19-20H2,1-2H3,(H2,34,40)(H,35,39)(H,36,41)/t27-,28-,29-/m0/s1. The first kappa shape index (κ1) is 33.6. The minimum atomic E-state index is -0.986. The number of likely N-dealkylation sites (tertiary alicyclic amines) is 1. The Morgan fingerprint density at radius 1 is 0.933 bits per heavy atom. The Hall–Kier alpha value is -4.29. The largest absolute Gasteiger partial charge is 0.497 e. The summed E-state index contributed by atoms with van der Waals surface area (Å²) in [6, 6.07) is 16.0. The third-order valence-electron chi connectivity index (χ3n) is 7.79. The summed E-state index contributed by atoms with van der Waals surface area (Å²) in [6.07, 6.45) is 1.96. The van der Waals surface area contributed by atoms with Crippen LogP contribution in [0.4, 0.5) is 0 Å². The number of benzene rings is 3. The van der Waals surface area contributed by atoms with E-state index in [4.69, 9.17) is 15.2 Å². The van der Waals surface area contributed by atoms with Crippen LogP contribution < -0.4 is 25.8 Å². The van der Waals surface area contributed by atoms with Gasteiger partial charge in [0.1, 0.15) is 29.6 Å². The Labute approximate surface area is 266 Å². The van der Waals surface area contributed by atoms with Crippen molar-refractivity contribution in [3.8, 4) is 11.5 Å². The number of aliphatic hydroxyl groups excluding tert-OH is 1. The predicted molar refractivity (Wildman–Crippen MR) is 173 cm³/mol. The molecule has 4 rings (SSSR count). The third kappa shape index (κ3) is 9.11.